The Labute approximate surface area is 109 Å². The number of benzene rings is 1. The molecule has 1 aromatic rings. The second-order valence-corrected chi connectivity index (χ2v) is 4.32. The van der Waals surface area contributed by atoms with E-state index in [2.05, 4.69) is 12.0 Å². The maximum absolute atomic E-state index is 5.62. The van der Waals surface area contributed by atoms with Crippen molar-refractivity contribution in [1.29, 1.82) is 0 Å². The van der Waals surface area contributed by atoms with Crippen LogP contribution in [-0.2, 0) is 0 Å². The molecule has 18 heavy (non-hydrogen) atoms. The Morgan fingerprint density at radius 3 is 2.61 bits per heavy atom. The third-order valence-electron chi connectivity index (χ3n) is 2.88. The lowest BCUT2D eigenvalue weighted by Crippen LogP contribution is -2.28. The second-order valence-electron chi connectivity index (χ2n) is 4.32. The summed E-state index contributed by atoms with van der Waals surface area (Å²) in [7, 11) is 3.28. The molecule has 0 fully saturated rings. The molecule has 0 spiro atoms. The Bertz CT molecular complexity index is 405. The highest BCUT2D eigenvalue weighted by Crippen LogP contribution is 2.31. The molecule has 0 aromatic heterocycles. The van der Waals surface area contributed by atoms with E-state index in [9.17, 15) is 0 Å². The van der Waals surface area contributed by atoms with Crippen LogP contribution in [0.3, 0.4) is 0 Å². The fraction of sp³-hybridized carbons (Fsp3) is 0.429. The molecule has 0 aliphatic heterocycles. The first kappa shape index (κ1) is 14.5. The van der Waals surface area contributed by atoms with Crippen molar-refractivity contribution in [3.05, 3.63) is 35.9 Å². The standard InChI is InChI=1S/C14H22N2O2/c1-10(2)5-8-13(16-15)12-7-6-11(17-3)9-14(12)18-4/h6-7,9,13,16H,1,5,8,15H2,2-4H3. The van der Waals surface area contributed by atoms with E-state index >= 15 is 0 Å². The van der Waals surface area contributed by atoms with E-state index in [-0.39, 0.29) is 6.04 Å². The summed E-state index contributed by atoms with van der Waals surface area (Å²) in [4.78, 5) is 0. The number of hydrazine groups is 1. The number of methoxy groups -OCH3 is 2. The normalized spacial score (nSPS) is 12.0. The largest absolute Gasteiger partial charge is 0.497 e. The van der Waals surface area contributed by atoms with Gasteiger partial charge in [0, 0.05) is 17.7 Å². The zero-order valence-electron chi connectivity index (χ0n) is 11.3. The van der Waals surface area contributed by atoms with Gasteiger partial charge in [0.05, 0.1) is 14.2 Å². The Morgan fingerprint density at radius 2 is 2.11 bits per heavy atom. The first-order valence-electron chi connectivity index (χ1n) is 5.94. The number of nitrogens with one attached hydrogen (secondary N) is 1. The van der Waals surface area contributed by atoms with Gasteiger partial charge in [-0.2, -0.15) is 0 Å². The number of rotatable bonds is 7. The maximum Gasteiger partial charge on any atom is 0.127 e. The van der Waals surface area contributed by atoms with Gasteiger partial charge in [-0.15, -0.1) is 6.58 Å². The Kier molecular flexibility index (Phi) is 5.68. The quantitative estimate of drug-likeness (QED) is 0.443. The molecule has 3 N–H and O–H groups in total. The number of allylic oxidation sites excluding steroid dienone is 1. The molecule has 0 aliphatic rings. The van der Waals surface area contributed by atoms with Crippen LogP contribution in [0.1, 0.15) is 31.4 Å². The van der Waals surface area contributed by atoms with Crippen LogP contribution in [0.15, 0.2) is 30.4 Å². The third kappa shape index (κ3) is 3.75. The monoisotopic (exact) mass is 250 g/mol. The number of hydrogen-bond acceptors (Lipinski definition) is 4. The summed E-state index contributed by atoms with van der Waals surface area (Å²) in [5.74, 6) is 7.17. The van der Waals surface area contributed by atoms with Crippen LogP contribution in [-0.4, -0.2) is 14.2 Å². The third-order valence-corrected chi connectivity index (χ3v) is 2.88. The van der Waals surface area contributed by atoms with Gasteiger partial charge in [-0.05, 0) is 25.8 Å². The highest BCUT2D eigenvalue weighted by Gasteiger charge is 2.15. The van der Waals surface area contributed by atoms with Crippen molar-refractivity contribution < 1.29 is 9.47 Å². The molecule has 0 saturated heterocycles. The van der Waals surface area contributed by atoms with Crippen molar-refractivity contribution in [2.75, 3.05) is 14.2 Å². The minimum atomic E-state index is 0.0440. The molecule has 0 aliphatic carbocycles. The molecule has 4 nitrogen and oxygen atoms in total. The molecular weight excluding hydrogens is 228 g/mol. The van der Waals surface area contributed by atoms with Crippen LogP contribution in [0.25, 0.3) is 0 Å². The SMILES string of the molecule is C=C(C)CCC(NN)c1ccc(OC)cc1OC. The van der Waals surface area contributed by atoms with Gasteiger partial charge >= 0.3 is 0 Å². The van der Waals surface area contributed by atoms with E-state index in [1.165, 1.54) is 0 Å². The summed E-state index contributed by atoms with van der Waals surface area (Å²) in [5, 5.41) is 0. The summed E-state index contributed by atoms with van der Waals surface area (Å²) >= 11 is 0. The smallest absolute Gasteiger partial charge is 0.127 e. The van der Waals surface area contributed by atoms with Crippen LogP contribution in [0.2, 0.25) is 0 Å². The van der Waals surface area contributed by atoms with Gasteiger partial charge in [0.15, 0.2) is 0 Å². The molecule has 4 heteroatoms. The van der Waals surface area contributed by atoms with E-state index in [1.54, 1.807) is 14.2 Å². The van der Waals surface area contributed by atoms with Crippen LogP contribution >= 0.6 is 0 Å². The van der Waals surface area contributed by atoms with Gasteiger partial charge in [-0.3, -0.25) is 11.3 Å². The molecule has 1 aromatic carbocycles. The Morgan fingerprint density at radius 1 is 1.39 bits per heavy atom. The van der Waals surface area contributed by atoms with Crippen molar-refractivity contribution in [2.24, 2.45) is 5.84 Å². The minimum Gasteiger partial charge on any atom is -0.497 e. The molecule has 1 unspecified atom stereocenters. The van der Waals surface area contributed by atoms with E-state index in [4.69, 9.17) is 15.3 Å². The molecule has 0 heterocycles. The van der Waals surface area contributed by atoms with Crippen molar-refractivity contribution in [3.63, 3.8) is 0 Å². The van der Waals surface area contributed by atoms with Gasteiger partial charge in [-0.25, -0.2) is 0 Å². The molecule has 0 bridgehead atoms. The van der Waals surface area contributed by atoms with Crippen molar-refractivity contribution in [3.8, 4) is 11.5 Å². The minimum absolute atomic E-state index is 0.0440. The summed E-state index contributed by atoms with van der Waals surface area (Å²) < 4.78 is 10.6. The molecule has 0 radical (unpaired) electrons. The van der Waals surface area contributed by atoms with Crippen LogP contribution in [0, 0.1) is 0 Å². The topological polar surface area (TPSA) is 56.5 Å². The molecule has 1 rings (SSSR count). The summed E-state index contributed by atoms with van der Waals surface area (Å²) in [6, 6.07) is 5.78. The van der Waals surface area contributed by atoms with Gasteiger partial charge in [0.25, 0.3) is 0 Å². The Hall–Kier alpha value is -1.52. The lowest BCUT2D eigenvalue weighted by atomic mass is 9.99. The highest BCUT2D eigenvalue weighted by atomic mass is 16.5. The average molecular weight is 250 g/mol. The van der Waals surface area contributed by atoms with Gasteiger partial charge in [0.1, 0.15) is 11.5 Å². The fourth-order valence-corrected chi connectivity index (χ4v) is 1.83. The van der Waals surface area contributed by atoms with Crippen LogP contribution in [0.4, 0.5) is 0 Å². The zero-order valence-corrected chi connectivity index (χ0v) is 11.3. The highest BCUT2D eigenvalue weighted by molar-refractivity contribution is 5.42. The van der Waals surface area contributed by atoms with Gasteiger partial charge < -0.3 is 9.47 Å². The summed E-state index contributed by atoms with van der Waals surface area (Å²) in [6.45, 7) is 5.92. The second kappa shape index (κ2) is 7.03. The lowest BCUT2D eigenvalue weighted by molar-refractivity contribution is 0.382. The summed E-state index contributed by atoms with van der Waals surface area (Å²) in [5.41, 5.74) is 5.00. The first-order chi connectivity index (χ1) is 8.62. The van der Waals surface area contributed by atoms with Gasteiger partial charge in [0.2, 0.25) is 0 Å². The number of hydrogen-bond donors (Lipinski definition) is 2. The molecule has 0 saturated carbocycles. The predicted molar refractivity (Wildman–Crippen MR) is 73.7 cm³/mol. The van der Waals surface area contributed by atoms with Crippen molar-refractivity contribution in [2.45, 2.75) is 25.8 Å². The van der Waals surface area contributed by atoms with E-state index in [1.807, 2.05) is 25.1 Å². The Balaban J connectivity index is 2.93. The zero-order chi connectivity index (χ0) is 13.5. The van der Waals surface area contributed by atoms with Crippen molar-refractivity contribution >= 4 is 0 Å². The molecule has 1 atom stereocenters. The maximum atomic E-state index is 5.62. The van der Waals surface area contributed by atoms with E-state index in [0.717, 1.165) is 35.5 Å². The number of nitrogens with two attached hydrogens (primary N) is 1. The summed E-state index contributed by atoms with van der Waals surface area (Å²) in [6.07, 6.45) is 1.80. The van der Waals surface area contributed by atoms with E-state index in [0.29, 0.717) is 0 Å². The lowest BCUT2D eigenvalue weighted by Gasteiger charge is -2.19. The predicted octanol–water partition coefficient (Wildman–Crippen LogP) is 2.56. The molecule has 100 valence electrons. The van der Waals surface area contributed by atoms with E-state index < -0.39 is 0 Å². The fourth-order valence-electron chi connectivity index (χ4n) is 1.83. The van der Waals surface area contributed by atoms with Crippen LogP contribution in [0.5, 0.6) is 11.5 Å². The first-order valence-corrected chi connectivity index (χ1v) is 5.94. The van der Waals surface area contributed by atoms with Crippen molar-refractivity contribution in [1.82, 2.24) is 5.43 Å². The molecular formula is C14H22N2O2. The molecule has 0 amide bonds. The van der Waals surface area contributed by atoms with Gasteiger partial charge in [-0.1, -0.05) is 11.6 Å². The number of ether oxygens (including phenoxy) is 2. The van der Waals surface area contributed by atoms with Crippen LogP contribution < -0.4 is 20.7 Å². The average Bonchev–Trinajstić information content (AvgIpc) is 2.39.